The molecule has 0 saturated carbocycles. The van der Waals surface area contributed by atoms with Gasteiger partial charge in [0, 0.05) is 28.8 Å². The first-order valence-corrected chi connectivity index (χ1v) is 6.26. The molecule has 0 spiro atoms. The molecule has 2 heterocycles. The first-order chi connectivity index (χ1) is 8.18. The quantitative estimate of drug-likeness (QED) is 0.822. The van der Waals surface area contributed by atoms with Crippen LogP contribution in [0.2, 0.25) is 0 Å². The number of carbonyl (C=O) groups excluding carboxylic acids is 1. The highest BCUT2D eigenvalue weighted by Gasteiger charge is 2.17. The molecule has 1 amide bonds. The maximum Gasteiger partial charge on any atom is 0.254 e. The average Bonchev–Trinajstić information content (AvgIpc) is 2.33. The summed E-state index contributed by atoms with van der Waals surface area (Å²) in [6.45, 7) is 0.790. The minimum absolute atomic E-state index is 0.0709. The molecule has 1 aliphatic heterocycles. The van der Waals surface area contributed by atoms with Crippen molar-refractivity contribution in [3.63, 3.8) is 0 Å². The fraction of sp³-hybridized carbons (Fsp3) is 0.167. The molecule has 17 heavy (non-hydrogen) atoms. The van der Waals surface area contributed by atoms with Crippen LogP contribution in [-0.2, 0) is 6.54 Å². The number of aromatic nitrogens is 1. The number of rotatable bonds is 1. The van der Waals surface area contributed by atoms with Crippen LogP contribution in [0.4, 0.5) is 0 Å². The number of nitrogens with zero attached hydrogens (tertiary/aromatic N) is 1. The summed E-state index contributed by atoms with van der Waals surface area (Å²) in [5, 5.41) is 0.575. The Bertz CT molecular complexity index is 691. The van der Waals surface area contributed by atoms with Crippen molar-refractivity contribution in [1.29, 1.82) is 0 Å². The summed E-state index contributed by atoms with van der Waals surface area (Å²) in [6, 6.07) is 5.58. The van der Waals surface area contributed by atoms with Gasteiger partial charge in [0.2, 0.25) is 5.43 Å². The number of thioether (sulfide) groups is 1. The third-order valence-corrected chi connectivity index (χ3v) is 3.94. The van der Waals surface area contributed by atoms with Crippen molar-refractivity contribution in [3.8, 4) is 0 Å². The number of carbonyl (C=O) groups is 1. The van der Waals surface area contributed by atoms with Crippen LogP contribution in [0.25, 0.3) is 10.9 Å². The number of pyridine rings is 1. The molecule has 0 aliphatic carbocycles. The van der Waals surface area contributed by atoms with E-state index in [9.17, 15) is 9.59 Å². The van der Waals surface area contributed by atoms with Gasteiger partial charge in [0.05, 0.1) is 5.52 Å². The van der Waals surface area contributed by atoms with Crippen LogP contribution in [0, 0.1) is 0 Å². The van der Waals surface area contributed by atoms with Crippen LogP contribution in [0.5, 0.6) is 0 Å². The Labute approximate surface area is 101 Å². The molecule has 2 aromatic rings. The second kappa shape index (κ2) is 3.63. The molecule has 3 rings (SSSR count). The maximum absolute atomic E-state index is 12.1. The van der Waals surface area contributed by atoms with Gasteiger partial charge in [-0.05, 0) is 12.1 Å². The third kappa shape index (κ3) is 1.46. The van der Waals surface area contributed by atoms with Crippen LogP contribution in [-0.4, -0.2) is 16.2 Å². The summed E-state index contributed by atoms with van der Waals surface area (Å²) in [6.07, 6.45) is 1.58. The van der Waals surface area contributed by atoms with E-state index in [1.54, 1.807) is 24.0 Å². The standard InChI is InChI=1S/C12H10N2O2S/c13-12(16)8-6-14-4-5-17-9-3-1-2-7(10(9)14)11(8)15/h1-3,6H,4-5H2,(H2,13,16). The van der Waals surface area contributed by atoms with Crippen molar-refractivity contribution < 1.29 is 4.79 Å². The van der Waals surface area contributed by atoms with E-state index in [4.69, 9.17) is 5.73 Å². The van der Waals surface area contributed by atoms with Gasteiger partial charge in [-0.3, -0.25) is 9.59 Å². The number of nitrogens with two attached hydrogens (primary N) is 1. The number of aryl methyl sites for hydroxylation is 1. The first-order valence-electron chi connectivity index (χ1n) is 5.27. The van der Waals surface area contributed by atoms with Crippen molar-refractivity contribution in [2.75, 3.05) is 5.75 Å². The average molecular weight is 246 g/mol. The zero-order chi connectivity index (χ0) is 12.0. The molecule has 4 nitrogen and oxygen atoms in total. The Kier molecular flexibility index (Phi) is 2.22. The lowest BCUT2D eigenvalue weighted by Crippen LogP contribution is -2.25. The maximum atomic E-state index is 12.1. The Morgan fingerprint density at radius 2 is 2.24 bits per heavy atom. The molecule has 0 unspecified atom stereocenters. The van der Waals surface area contributed by atoms with E-state index in [-0.39, 0.29) is 11.0 Å². The van der Waals surface area contributed by atoms with E-state index in [1.165, 1.54) is 0 Å². The Morgan fingerprint density at radius 3 is 3.00 bits per heavy atom. The molecule has 0 saturated heterocycles. The van der Waals surface area contributed by atoms with Crippen LogP contribution < -0.4 is 11.2 Å². The van der Waals surface area contributed by atoms with Gasteiger partial charge >= 0.3 is 0 Å². The van der Waals surface area contributed by atoms with Gasteiger partial charge in [0.15, 0.2) is 0 Å². The van der Waals surface area contributed by atoms with Crippen LogP contribution in [0.15, 0.2) is 34.1 Å². The number of amides is 1. The van der Waals surface area contributed by atoms with E-state index in [1.807, 2.05) is 16.7 Å². The van der Waals surface area contributed by atoms with Gasteiger partial charge in [0.1, 0.15) is 5.56 Å². The molecule has 1 aromatic carbocycles. The molecule has 0 radical (unpaired) electrons. The second-order valence-electron chi connectivity index (χ2n) is 3.93. The van der Waals surface area contributed by atoms with Crippen LogP contribution >= 0.6 is 11.8 Å². The smallest absolute Gasteiger partial charge is 0.254 e. The summed E-state index contributed by atoms with van der Waals surface area (Å²) in [5.41, 5.74) is 5.94. The molecule has 0 fully saturated rings. The summed E-state index contributed by atoms with van der Waals surface area (Å²) in [4.78, 5) is 24.4. The Balaban J connectivity index is 2.51. The minimum atomic E-state index is -0.663. The topological polar surface area (TPSA) is 65.1 Å². The lowest BCUT2D eigenvalue weighted by atomic mass is 10.1. The van der Waals surface area contributed by atoms with Gasteiger partial charge in [-0.1, -0.05) is 6.07 Å². The van der Waals surface area contributed by atoms with Crippen molar-refractivity contribution >= 4 is 28.6 Å². The molecule has 1 aromatic heterocycles. The van der Waals surface area contributed by atoms with Crippen LogP contribution in [0.3, 0.4) is 0 Å². The van der Waals surface area contributed by atoms with Crippen molar-refractivity contribution in [1.82, 2.24) is 4.57 Å². The van der Waals surface area contributed by atoms with E-state index >= 15 is 0 Å². The normalized spacial score (nSPS) is 13.9. The molecule has 5 heteroatoms. The molecule has 1 aliphatic rings. The number of primary amides is 1. The van der Waals surface area contributed by atoms with Crippen molar-refractivity contribution in [2.45, 2.75) is 11.4 Å². The highest BCUT2D eigenvalue weighted by molar-refractivity contribution is 7.99. The van der Waals surface area contributed by atoms with Gasteiger partial charge in [-0.2, -0.15) is 0 Å². The fourth-order valence-corrected chi connectivity index (χ4v) is 3.19. The number of hydrogen-bond donors (Lipinski definition) is 1. The monoisotopic (exact) mass is 246 g/mol. The molecular weight excluding hydrogens is 236 g/mol. The van der Waals surface area contributed by atoms with Gasteiger partial charge in [-0.25, -0.2) is 0 Å². The molecular formula is C12H10N2O2S. The highest BCUT2D eigenvalue weighted by atomic mass is 32.2. The number of hydrogen-bond acceptors (Lipinski definition) is 3. The predicted molar refractivity (Wildman–Crippen MR) is 67.4 cm³/mol. The Morgan fingerprint density at radius 1 is 1.41 bits per heavy atom. The first kappa shape index (κ1) is 10.4. The summed E-state index contributed by atoms with van der Waals surface area (Å²) >= 11 is 1.73. The number of benzene rings is 1. The lowest BCUT2D eigenvalue weighted by Gasteiger charge is -2.19. The molecule has 2 N–H and O–H groups in total. The Hall–Kier alpha value is -1.75. The van der Waals surface area contributed by atoms with Gasteiger partial charge < -0.3 is 10.3 Å². The van der Waals surface area contributed by atoms with E-state index in [2.05, 4.69) is 0 Å². The van der Waals surface area contributed by atoms with E-state index in [0.29, 0.717) is 5.39 Å². The molecule has 0 bridgehead atoms. The van der Waals surface area contributed by atoms with E-state index in [0.717, 1.165) is 22.7 Å². The second-order valence-corrected chi connectivity index (χ2v) is 5.07. The van der Waals surface area contributed by atoms with Gasteiger partial charge in [0.25, 0.3) is 5.91 Å². The number of para-hydroxylation sites is 1. The zero-order valence-electron chi connectivity index (χ0n) is 8.97. The third-order valence-electron chi connectivity index (χ3n) is 2.92. The SMILES string of the molecule is NC(=O)c1cn2c3c(cccc3c1=O)SCC2. The lowest BCUT2D eigenvalue weighted by molar-refractivity contribution is 0.0999. The summed E-state index contributed by atoms with van der Waals surface area (Å²) in [7, 11) is 0. The fourth-order valence-electron chi connectivity index (χ4n) is 2.15. The van der Waals surface area contributed by atoms with Gasteiger partial charge in [-0.15, -0.1) is 11.8 Å². The minimum Gasteiger partial charge on any atom is -0.365 e. The zero-order valence-corrected chi connectivity index (χ0v) is 9.79. The molecule has 86 valence electrons. The highest BCUT2D eigenvalue weighted by Crippen LogP contribution is 2.30. The van der Waals surface area contributed by atoms with Crippen LogP contribution in [0.1, 0.15) is 10.4 Å². The van der Waals surface area contributed by atoms with Crippen molar-refractivity contribution in [3.05, 3.63) is 40.2 Å². The largest absolute Gasteiger partial charge is 0.365 e. The molecule has 0 atom stereocenters. The summed E-state index contributed by atoms with van der Waals surface area (Å²) < 4.78 is 1.95. The summed E-state index contributed by atoms with van der Waals surface area (Å²) in [5.74, 6) is 0.275. The van der Waals surface area contributed by atoms with E-state index < -0.39 is 5.91 Å². The predicted octanol–water partition coefficient (Wildman–Crippen LogP) is 1.21. The van der Waals surface area contributed by atoms with Crippen molar-refractivity contribution in [2.24, 2.45) is 5.73 Å².